The molecule has 0 aliphatic carbocycles. The maximum absolute atomic E-state index is 12.3. The zero-order valence-electron chi connectivity index (χ0n) is 15.1. The Labute approximate surface area is 146 Å². The van der Waals surface area contributed by atoms with Crippen LogP contribution >= 0.6 is 0 Å². The highest BCUT2D eigenvalue weighted by molar-refractivity contribution is 6.08. The van der Waals surface area contributed by atoms with Gasteiger partial charge in [0.25, 0.3) is 5.91 Å². The Kier molecular flexibility index (Phi) is 4.97. The van der Waals surface area contributed by atoms with Crippen LogP contribution < -0.4 is 5.32 Å². The fourth-order valence-corrected chi connectivity index (χ4v) is 2.62. The quantitative estimate of drug-likeness (QED) is 0.497. The third kappa shape index (κ3) is 3.87. The van der Waals surface area contributed by atoms with Crippen LogP contribution in [0, 0.1) is 20.8 Å². The van der Waals surface area contributed by atoms with Gasteiger partial charge in [-0.1, -0.05) is 6.07 Å². The van der Waals surface area contributed by atoms with Crippen LogP contribution in [0.5, 0.6) is 0 Å². The van der Waals surface area contributed by atoms with Crippen molar-refractivity contribution in [2.45, 2.75) is 40.2 Å². The second-order valence-electron chi connectivity index (χ2n) is 6.78. The van der Waals surface area contributed by atoms with Gasteiger partial charge in [0.05, 0.1) is 0 Å². The maximum Gasteiger partial charge on any atom is 0.326 e. The van der Waals surface area contributed by atoms with E-state index in [1.807, 2.05) is 26.8 Å². The lowest BCUT2D eigenvalue weighted by atomic mass is 9.98. The van der Waals surface area contributed by atoms with Crippen molar-refractivity contribution in [3.05, 3.63) is 34.4 Å². The number of hydrogen-bond acceptors (Lipinski definition) is 5. The first-order chi connectivity index (χ1) is 11.5. The van der Waals surface area contributed by atoms with Gasteiger partial charge in [0.1, 0.15) is 12.1 Å². The molecule has 7 nitrogen and oxygen atoms in total. The number of urea groups is 1. The summed E-state index contributed by atoms with van der Waals surface area (Å²) in [6.07, 6.45) is 0. The van der Waals surface area contributed by atoms with Gasteiger partial charge in [0.15, 0.2) is 6.61 Å². The van der Waals surface area contributed by atoms with Crippen molar-refractivity contribution in [3.63, 3.8) is 0 Å². The van der Waals surface area contributed by atoms with Gasteiger partial charge < -0.3 is 10.1 Å². The normalized spacial score (nSPS) is 16.0. The summed E-state index contributed by atoms with van der Waals surface area (Å²) in [6, 6.07) is 3.02. The number of rotatable bonds is 5. The van der Waals surface area contributed by atoms with E-state index in [1.54, 1.807) is 19.9 Å². The molecule has 0 radical (unpaired) electrons. The average Bonchev–Trinajstić information content (AvgIpc) is 2.70. The molecule has 1 heterocycles. The molecule has 3 amide bonds. The molecule has 1 aliphatic heterocycles. The molecule has 1 aromatic carbocycles. The number of ether oxygens (including phenoxy) is 1. The van der Waals surface area contributed by atoms with E-state index in [2.05, 4.69) is 5.32 Å². The number of carbonyl (C=O) groups excluding carboxylic acids is 4. The van der Waals surface area contributed by atoms with E-state index in [1.165, 1.54) is 0 Å². The van der Waals surface area contributed by atoms with Crippen LogP contribution in [0.15, 0.2) is 12.1 Å². The largest absolute Gasteiger partial charge is 0.456 e. The Hall–Kier alpha value is -2.70. The smallest absolute Gasteiger partial charge is 0.326 e. The Balaban J connectivity index is 1.97. The Morgan fingerprint density at radius 2 is 1.68 bits per heavy atom. The number of aryl methyl sites for hydroxylation is 3. The highest BCUT2D eigenvalue weighted by Gasteiger charge is 2.45. The molecule has 1 fully saturated rings. The lowest BCUT2D eigenvalue weighted by Gasteiger charge is -2.15. The summed E-state index contributed by atoms with van der Waals surface area (Å²) in [5.41, 5.74) is 2.30. The van der Waals surface area contributed by atoms with Crippen molar-refractivity contribution in [2.75, 3.05) is 13.2 Å². The second kappa shape index (κ2) is 6.66. The molecule has 0 aromatic heterocycles. The first-order valence-electron chi connectivity index (χ1n) is 7.93. The lowest BCUT2D eigenvalue weighted by Crippen LogP contribution is -2.41. The van der Waals surface area contributed by atoms with Gasteiger partial charge in [-0.2, -0.15) is 0 Å². The summed E-state index contributed by atoms with van der Waals surface area (Å²) in [6.45, 7) is 7.81. The first-order valence-corrected chi connectivity index (χ1v) is 7.93. The molecule has 25 heavy (non-hydrogen) atoms. The molecular formula is C18H22N2O5. The van der Waals surface area contributed by atoms with E-state index in [9.17, 15) is 19.2 Å². The summed E-state index contributed by atoms with van der Waals surface area (Å²) in [5.74, 6) is -1.65. The SMILES string of the molecule is Cc1cc(C)c(C(=O)COC(=O)CN2C(=O)NC(C)(C)C2=O)cc1C. The van der Waals surface area contributed by atoms with Crippen LogP contribution in [0.1, 0.15) is 40.9 Å². The minimum Gasteiger partial charge on any atom is -0.456 e. The number of ketones is 1. The van der Waals surface area contributed by atoms with Crippen LogP contribution in [0.4, 0.5) is 4.79 Å². The molecular weight excluding hydrogens is 324 g/mol. The molecule has 1 aromatic rings. The molecule has 0 atom stereocenters. The fourth-order valence-electron chi connectivity index (χ4n) is 2.62. The number of nitrogens with one attached hydrogen (secondary N) is 1. The van der Waals surface area contributed by atoms with Crippen molar-refractivity contribution in [3.8, 4) is 0 Å². The zero-order valence-corrected chi connectivity index (χ0v) is 15.1. The van der Waals surface area contributed by atoms with Gasteiger partial charge in [-0.05, 0) is 57.4 Å². The van der Waals surface area contributed by atoms with E-state index in [-0.39, 0.29) is 5.78 Å². The average molecular weight is 346 g/mol. The fraction of sp³-hybridized carbons (Fsp3) is 0.444. The second-order valence-corrected chi connectivity index (χ2v) is 6.78. The van der Waals surface area contributed by atoms with Crippen LogP contribution in [-0.4, -0.2) is 47.3 Å². The number of hydrogen-bond donors (Lipinski definition) is 1. The summed E-state index contributed by atoms with van der Waals surface area (Å²) in [7, 11) is 0. The predicted molar refractivity (Wildman–Crippen MR) is 90.3 cm³/mol. The lowest BCUT2D eigenvalue weighted by molar-refractivity contribution is -0.146. The third-order valence-corrected chi connectivity index (χ3v) is 4.24. The van der Waals surface area contributed by atoms with Gasteiger partial charge in [0.2, 0.25) is 5.78 Å². The molecule has 1 N–H and O–H groups in total. The molecule has 7 heteroatoms. The van der Waals surface area contributed by atoms with Gasteiger partial charge in [0, 0.05) is 5.56 Å². The first kappa shape index (κ1) is 18.6. The van der Waals surface area contributed by atoms with Crippen molar-refractivity contribution < 1.29 is 23.9 Å². The highest BCUT2D eigenvalue weighted by Crippen LogP contribution is 2.17. The number of Topliss-reactive ketones (excluding diaryl/α,β-unsaturated/α-hetero) is 1. The summed E-state index contributed by atoms with van der Waals surface area (Å²) in [5, 5.41) is 2.47. The van der Waals surface area contributed by atoms with Gasteiger partial charge in [-0.15, -0.1) is 0 Å². The molecule has 1 aliphatic rings. The van der Waals surface area contributed by atoms with Crippen molar-refractivity contribution >= 4 is 23.7 Å². The van der Waals surface area contributed by atoms with Crippen LogP contribution in [-0.2, 0) is 14.3 Å². The zero-order chi connectivity index (χ0) is 18.9. The van der Waals surface area contributed by atoms with E-state index >= 15 is 0 Å². The van der Waals surface area contributed by atoms with E-state index in [4.69, 9.17) is 4.74 Å². The monoisotopic (exact) mass is 346 g/mol. The molecule has 0 bridgehead atoms. The number of esters is 1. The van der Waals surface area contributed by atoms with Gasteiger partial charge in [-0.3, -0.25) is 19.3 Å². The number of benzene rings is 1. The third-order valence-electron chi connectivity index (χ3n) is 4.24. The number of imide groups is 1. The molecule has 2 rings (SSSR count). The minimum atomic E-state index is -1.05. The Bertz CT molecular complexity index is 767. The molecule has 0 unspecified atom stereocenters. The Morgan fingerprint density at radius 1 is 1.08 bits per heavy atom. The number of nitrogens with zero attached hydrogens (tertiary/aromatic N) is 1. The van der Waals surface area contributed by atoms with Crippen molar-refractivity contribution in [2.24, 2.45) is 0 Å². The van der Waals surface area contributed by atoms with Crippen molar-refractivity contribution in [1.29, 1.82) is 0 Å². The summed E-state index contributed by atoms with van der Waals surface area (Å²) >= 11 is 0. The number of amides is 3. The van der Waals surface area contributed by atoms with Gasteiger partial charge in [-0.25, -0.2) is 4.79 Å². The van der Waals surface area contributed by atoms with E-state index in [0.717, 1.165) is 21.6 Å². The van der Waals surface area contributed by atoms with Crippen LogP contribution in [0.2, 0.25) is 0 Å². The van der Waals surface area contributed by atoms with Crippen LogP contribution in [0.3, 0.4) is 0 Å². The molecule has 1 saturated heterocycles. The van der Waals surface area contributed by atoms with Crippen molar-refractivity contribution in [1.82, 2.24) is 10.2 Å². The molecule has 134 valence electrons. The molecule has 0 spiro atoms. The summed E-state index contributed by atoms with van der Waals surface area (Å²) < 4.78 is 4.95. The minimum absolute atomic E-state index is 0.327. The predicted octanol–water partition coefficient (Wildman–Crippen LogP) is 1.67. The standard InChI is InChI=1S/C18H22N2O5/c1-10-6-12(3)13(7-11(10)2)14(21)9-25-15(22)8-20-16(23)18(4,5)19-17(20)24/h6-7H,8-9H2,1-5H3,(H,19,24). The molecule has 0 saturated carbocycles. The summed E-state index contributed by atoms with van der Waals surface area (Å²) in [4.78, 5) is 48.7. The van der Waals surface area contributed by atoms with E-state index < -0.39 is 36.6 Å². The highest BCUT2D eigenvalue weighted by atomic mass is 16.5. The Morgan fingerprint density at radius 3 is 2.24 bits per heavy atom. The maximum atomic E-state index is 12.3. The topological polar surface area (TPSA) is 92.8 Å². The van der Waals surface area contributed by atoms with Crippen LogP contribution in [0.25, 0.3) is 0 Å². The number of carbonyl (C=O) groups is 4. The van der Waals surface area contributed by atoms with E-state index in [0.29, 0.717) is 5.56 Å². The van der Waals surface area contributed by atoms with Gasteiger partial charge >= 0.3 is 12.0 Å².